The molecule has 0 unspecified atom stereocenters. The Morgan fingerprint density at radius 2 is 2.12 bits per heavy atom. The Balaban J connectivity index is 1.74. The Morgan fingerprint density at radius 3 is 2.75 bits per heavy atom. The van der Waals surface area contributed by atoms with E-state index in [4.69, 9.17) is 0 Å². The van der Waals surface area contributed by atoms with Crippen LogP contribution in [0.25, 0.3) is 0 Å². The Hall–Kier alpha value is -2.04. The maximum atomic E-state index is 12.0. The summed E-state index contributed by atoms with van der Waals surface area (Å²) in [4.78, 5) is 13.5. The monoisotopic (exact) mass is 368 g/mol. The topological polar surface area (TPSA) is 108 Å². The van der Waals surface area contributed by atoms with Crippen LogP contribution in [0.1, 0.15) is 9.88 Å². The van der Waals surface area contributed by atoms with Crippen molar-refractivity contribution in [2.75, 3.05) is 20.1 Å². The highest BCUT2D eigenvalue weighted by molar-refractivity contribution is 7.89. The third-order valence-electron chi connectivity index (χ3n) is 2.95. The van der Waals surface area contributed by atoms with Gasteiger partial charge in [0.2, 0.25) is 10.0 Å². The summed E-state index contributed by atoms with van der Waals surface area (Å²) in [5, 5.41) is 7.14. The second-order valence-corrected chi connectivity index (χ2v) is 7.89. The van der Waals surface area contributed by atoms with Crippen LogP contribution in [0.2, 0.25) is 0 Å². The number of hydrogen-bond acceptors (Lipinski definition) is 6. The van der Waals surface area contributed by atoms with Gasteiger partial charge in [0, 0.05) is 43.6 Å². The molecule has 0 saturated carbocycles. The van der Waals surface area contributed by atoms with Crippen LogP contribution in [0.15, 0.2) is 40.6 Å². The first-order valence-corrected chi connectivity index (χ1v) is 9.57. The summed E-state index contributed by atoms with van der Waals surface area (Å²) in [7, 11) is -1.88. The van der Waals surface area contributed by atoms with Crippen molar-refractivity contribution in [1.29, 1.82) is 0 Å². The third kappa shape index (κ3) is 5.55. The molecule has 0 radical (unpaired) electrons. The van der Waals surface area contributed by atoms with E-state index in [9.17, 15) is 8.42 Å². The number of rotatable bonds is 7. The highest BCUT2D eigenvalue weighted by Crippen LogP contribution is 2.10. The van der Waals surface area contributed by atoms with E-state index >= 15 is 0 Å². The quantitative estimate of drug-likeness (QED) is 0.373. The lowest BCUT2D eigenvalue weighted by Crippen LogP contribution is -2.41. The fraction of sp³-hybridized carbons (Fsp3) is 0.357. The second kappa shape index (κ2) is 8.71. The van der Waals surface area contributed by atoms with Crippen molar-refractivity contribution in [3.8, 4) is 0 Å². The molecule has 0 spiro atoms. The first-order chi connectivity index (χ1) is 11.5. The molecule has 0 aliphatic carbocycles. The fourth-order valence-electron chi connectivity index (χ4n) is 1.82. The van der Waals surface area contributed by atoms with Crippen LogP contribution >= 0.6 is 11.3 Å². The summed E-state index contributed by atoms with van der Waals surface area (Å²) in [5.41, 5.74) is 0. The first-order valence-electron chi connectivity index (χ1n) is 7.27. The first kappa shape index (κ1) is 18.3. The molecule has 0 bridgehead atoms. The van der Waals surface area contributed by atoms with E-state index in [0.717, 1.165) is 9.88 Å². The predicted molar refractivity (Wildman–Crippen MR) is 94.5 cm³/mol. The molecular formula is C14H20N6O2S2. The van der Waals surface area contributed by atoms with Gasteiger partial charge in [-0.05, 0) is 19.1 Å². The van der Waals surface area contributed by atoms with Crippen molar-refractivity contribution in [2.45, 2.75) is 18.4 Å². The van der Waals surface area contributed by atoms with Crippen molar-refractivity contribution in [2.24, 2.45) is 4.99 Å². The molecular weight excluding hydrogens is 348 g/mol. The van der Waals surface area contributed by atoms with E-state index in [-0.39, 0.29) is 11.4 Å². The fourth-order valence-corrected chi connectivity index (χ4v) is 3.54. The Labute approximate surface area is 145 Å². The van der Waals surface area contributed by atoms with Crippen LogP contribution in [0, 0.1) is 6.92 Å². The van der Waals surface area contributed by atoms with E-state index in [1.165, 1.54) is 18.5 Å². The van der Waals surface area contributed by atoms with Crippen molar-refractivity contribution in [3.05, 3.63) is 40.6 Å². The van der Waals surface area contributed by atoms with Gasteiger partial charge in [-0.2, -0.15) is 0 Å². The van der Waals surface area contributed by atoms with Gasteiger partial charge in [0.05, 0.1) is 6.54 Å². The third-order valence-corrected chi connectivity index (χ3v) is 5.31. The molecule has 0 aliphatic heterocycles. The van der Waals surface area contributed by atoms with Crippen LogP contribution < -0.4 is 15.4 Å². The van der Waals surface area contributed by atoms with Gasteiger partial charge < -0.3 is 10.6 Å². The van der Waals surface area contributed by atoms with Gasteiger partial charge in [-0.3, -0.25) is 9.98 Å². The zero-order valence-corrected chi connectivity index (χ0v) is 15.1. The molecule has 8 nitrogen and oxygen atoms in total. The van der Waals surface area contributed by atoms with Gasteiger partial charge in [0.1, 0.15) is 9.90 Å². The average molecular weight is 368 g/mol. The van der Waals surface area contributed by atoms with Gasteiger partial charge >= 0.3 is 0 Å². The number of guanidine groups is 1. The van der Waals surface area contributed by atoms with Crippen molar-refractivity contribution in [3.63, 3.8) is 0 Å². The van der Waals surface area contributed by atoms with E-state index in [1.54, 1.807) is 24.5 Å². The van der Waals surface area contributed by atoms with Crippen LogP contribution in [0.3, 0.4) is 0 Å². The number of sulfonamides is 1. The minimum atomic E-state index is -3.54. The molecule has 3 N–H and O–H groups in total. The second-order valence-electron chi connectivity index (χ2n) is 4.80. The number of aliphatic imine (C=N–C) groups is 1. The summed E-state index contributed by atoms with van der Waals surface area (Å²) < 4.78 is 26.6. The van der Waals surface area contributed by atoms with E-state index < -0.39 is 10.0 Å². The van der Waals surface area contributed by atoms with Crippen LogP contribution in [-0.4, -0.2) is 44.5 Å². The highest BCUT2D eigenvalue weighted by atomic mass is 32.2. The number of thiazole rings is 1. The molecule has 0 aromatic carbocycles. The maximum absolute atomic E-state index is 12.0. The number of aryl methyl sites for hydroxylation is 1. The number of nitrogens with one attached hydrogen (secondary N) is 3. The summed E-state index contributed by atoms with van der Waals surface area (Å²) in [6, 6.07) is 3.08. The van der Waals surface area contributed by atoms with Gasteiger partial charge in [-0.15, -0.1) is 11.3 Å². The minimum Gasteiger partial charge on any atom is -0.355 e. The zero-order valence-electron chi connectivity index (χ0n) is 13.5. The average Bonchev–Trinajstić information content (AvgIpc) is 3.00. The highest BCUT2D eigenvalue weighted by Gasteiger charge is 2.12. The smallest absolute Gasteiger partial charge is 0.242 e. The van der Waals surface area contributed by atoms with E-state index in [0.29, 0.717) is 19.0 Å². The predicted octanol–water partition coefficient (Wildman–Crippen LogP) is 0.490. The molecule has 10 heteroatoms. The number of pyridine rings is 1. The SMILES string of the molecule is CN=C(NCCNS(=O)(=O)c1cccnc1)NCc1ncc(C)s1. The lowest BCUT2D eigenvalue weighted by Gasteiger charge is -2.11. The molecule has 2 aromatic heterocycles. The number of hydrogen-bond donors (Lipinski definition) is 3. The van der Waals surface area contributed by atoms with Gasteiger partial charge in [-0.25, -0.2) is 18.1 Å². The zero-order chi connectivity index (χ0) is 17.4. The largest absolute Gasteiger partial charge is 0.355 e. The summed E-state index contributed by atoms with van der Waals surface area (Å²) in [6.07, 6.45) is 4.66. The van der Waals surface area contributed by atoms with Crippen LogP contribution in [0.5, 0.6) is 0 Å². The van der Waals surface area contributed by atoms with E-state index in [2.05, 4.69) is 30.3 Å². The van der Waals surface area contributed by atoms with Gasteiger partial charge in [-0.1, -0.05) is 0 Å². The molecule has 0 aliphatic rings. The molecule has 2 heterocycles. The molecule has 0 amide bonds. The summed E-state index contributed by atoms with van der Waals surface area (Å²) >= 11 is 1.62. The van der Waals surface area contributed by atoms with Crippen molar-refractivity contribution in [1.82, 2.24) is 25.3 Å². The lowest BCUT2D eigenvalue weighted by atomic mass is 10.5. The lowest BCUT2D eigenvalue weighted by molar-refractivity contribution is 0.580. The van der Waals surface area contributed by atoms with Gasteiger partial charge in [0.15, 0.2) is 5.96 Å². The Kier molecular flexibility index (Phi) is 6.64. The standard InChI is InChI=1S/C14H20N6O2S2/c1-11-8-18-13(23-11)10-19-14(15-2)17-6-7-20-24(21,22)12-4-3-5-16-9-12/h3-5,8-9,20H,6-7,10H2,1-2H3,(H2,15,17,19). The van der Waals surface area contributed by atoms with Crippen molar-refractivity contribution < 1.29 is 8.42 Å². The van der Waals surface area contributed by atoms with Gasteiger partial charge in [0.25, 0.3) is 0 Å². The normalized spacial score (nSPS) is 12.2. The van der Waals surface area contributed by atoms with E-state index in [1.807, 2.05) is 13.1 Å². The minimum absolute atomic E-state index is 0.145. The molecule has 130 valence electrons. The molecule has 0 atom stereocenters. The maximum Gasteiger partial charge on any atom is 0.242 e. The summed E-state index contributed by atoms with van der Waals surface area (Å²) in [6.45, 7) is 3.20. The van der Waals surface area contributed by atoms with Crippen molar-refractivity contribution >= 4 is 27.3 Å². The number of nitrogens with zero attached hydrogens (tertiary/aromatic N) is 3. The molecule has 24 heavy (non-hydrogen) atoms. The number of aromatic nitrogens is 2. The Bertz CT molecular complexity index is 774. The van der Waals surface area contributed by atoms with Crippen LogP contribution in [0.4, 0.5) is 0 Å². The summed E-state index contributed by atoms with van der Waals surface area (Å²) in [5.74, 6) is 0.587. The Morgan fingerprint density at radius 1 is 1.29 bits per heavy atom. The molecule has 2 aromatic rings. The molecule has 0 fully saturated rings. The van der Waals surface area contributed by atoms with Crippen LogP contribution in [-0.2, 0) is 16.6 Å². The molecule has 2 rings (SSSR count). The molecule has 0 saturated heterocycles.